The second-order valence-corrected chi connectivity index (χ2v) is 5.27. The molecule has 0 fully saturated rings. The third-order valence-electron chi connectivity index (χ3n) is 3.75. The minimum Gasteiger partial charge on any atom is -0.287 e. The lowest BCUT2D eigenvalue weighted by Crippen LogP contribution is -2.26. The third kappa shape index (κ3) is 3.63. The van der Waals surface area contributed by atoms with Crippen molar-refractivity contribution >= 4 is 0 Å². The normalized spacial score (nSPS) is 11.8. The van der Waals surface area contributed by atoms with E-state index in [4.69, 9.17) is 0 Å². The van der Waals surface area contributed by atoms with Crippen LogP contribution in [0.25, 0.3) is 0 Å². The molecule has 1 atom stereocenters. The fourth-order valence-corrected chi connectivity index (χ4v) is 2.60. The molecule has 1 N–H and O–H groups in total. The van der Waals surface area contributed by atoms with Crippen LogP contribution in [0.2, 0.25) is 0 Å². The monoisotopic (exact) mass is 299 g/mol. The number of rotatable bonds is 5. The summed E-state index contributed by atoms with van der Waals surface area (Å²) in [6.45, 7) is 0. The standard InChI is InChI=1S/C20H17N3/c21-14-19(18-12-7-13-22-15-18)23-20(16-8-3-1-4-9-16)17-10-5-2-6-11-17/h1-13,15,19-20,23H. The number of nitrogens with one attached hydrogen (secondary N) is 1. The first-order valence-electron chi connectivity index (χ1n) is 7.54. The SMILES string of the molecule is N#CC(NC(c1ccccc1)c1ccccc1)c1cccnc1. The predicted octanol–water partition coefficient (Wildman–Crippen LogP) is 4.03. The van der Waals surface area contributed by atoms with Crippen LogP contribution >= 0.6 is 0 Å². The average Bonchev–Trinajstić information content (AvgIpc) is 2.65. The van der Waals surface area contributed by atoms with Crippen molar-refractivity contribution in [3.8, 4) is 6.07 Å². The number of hydrogen-bond donors (Lipinski definition) is 1. The highest BCUT2D eigenvalue weighted by molar-refractivity contribution is 5.33. The van der Waals surface area contributed by atoms with Crippen molar-refractivity contribution in [3.05, 3.63) is 102 Å². The van der Waals surface area contributed by atoms with Crippen LogP contribution < -0.4 is 5.32 Å². The van der Waals surface area contributed by atoms with Crippen molar-refractivity contribution < 1.29 is 0 Å². The molecule has 0 aliphatic heterocycles. The molecule has 0 amide bonds. The van der Waals surface area contributed by atoms with Gasteiger partial charge >= 0.3 is 0 Å². The molecule has 3 nitrogen and oxygen atoms in total. The topological polar surface area (TPSA) is 48.7 Å². The second kappa shape index (κ2) is 7.35. The van der Waals surface area contributed by atoms with Crippen molar-refractivity contribution in [2.24, 2.45) is 0 Å². The van der Waals surface area contributed by atoms with Crippen molar-refractivity contribution in [1.82, 2.24) is 10.3 Å². The molecular weight excluding hydrogens is 282 g/mol. The molecule has 0 saturated heterocycles. The highest BCUT2D eigenvalue weighted by atomic mass is 15.0. The van der Waals surface area contributed by atoms with Gasteiger partial charge in [-0.25, -0.2) is 0 Å². The van der Waals surface area contributed by atoms with Crippen molar-refractivity contribution in [2.75, 3.05) is 0 Å². The van der Waals surface area contributed by atoms with Gasteiger partial charge in [-0.2, -0.15) is 5.26 Å². The van der Waals surface area contributed by atoms with Crippen LogP contribution in [0.4, 0.5) is 0 Å². The summed E-state index contributed by atoms with van der Waals surface area (Å²) in [6.07, 6.45) is 3.44. The van der Waals surface area contributed by atoms with Crippen molar-refractivity contribution in [2.45, 2.75) is 12.1 Å². The van der Waals surface area contributed by atoms with E-state index in [2.05, 4.69) is 40.6 Å². The van der Waals surface area contributed by atoms with Gasteiger partial charge in [-0.3, -0.25) is 10.3 Å². The van der Waals surface area contributed by atoms with Crippen LogP contribution in [-0.4, -0.2) is 4.98 Å². The molecule has 1 unspecified atom stereocenters. The molecular formula is C20H17N3. The van der Waals surface area contributed by atoms with Crippen LogP contribution in [0.3, 0.4) is 0 Å². The second-order valence-electron chi connectivity index (χ2n) is 5.27. The number of benzene rings is 2. The van der Waals surface area contributed by atoms with E-state index >= 15 is 0 Å². The Morgan fingerprint density at radius 1 is 0.783 bits per heavy atom. The van der Waals surface area contributed by atoms with E-state index in [1.807, 2.05) is 48.5 Å². The van der Waals surface area contributed by atoms with E-state index < -0.39 is 6.04 Å². The van der Waals surface area contributed by atoms with Gasteiger partial charge in [0.25, 0.3) is 0 Å². The van der Waals surface area contributed by atoms with Crippen LogP contribution in [0, 0.1) is 11.3 Å². The number of hydrogen-bond acceptors (Lipinski definition) is 3. The number of pyridine rings is 1. The number of nitriles is 1. The van der Waals surface area contributed by atoms with Crippen LogP contribution in [0.1, 0.15) is 28.8 Å². The van der Waals surface area contributed by atoms with Gasteiger partial charge < -0.3 is 0 Å². The Morgan fingerprint density at radius 2 is 1.35 bits per heavy atom. The van der Waals surface area contributed by atoms with Gasteiger partial charge in [0, 0.05) is 18.0 Å². The van der Waals surface area contributed by atoms with E-state index in [9.17, 15) is 5.26 Å². The Hall–Kier alpha value is -2.96. The highest BCUT2D eigenvalue weighted by Gasteiger charge is 2.19. The van der Waals surface area contributed by atoms with E-state index in [0.29, 0.717) is 0 Å². The summed E-state index contributed by atoms with van der Waals surface area (Å²) in [5.74, 6) is 0. The van der Waals surface area contributed by atoms with Crippen LogP contribution in [-0.2, 0) is 0 Å². The maximum Gasteiger partial charge on any atom is 0.123 e. The van der Waals surface area contributed by atoms with Gasteiger partial charge in [0.15, 0.2) is 0 Å². The first-order chi connectivity index (χ1) is 11.4. The largest absolute Gasteiger partial charge is 0.287 e. The lowest BCUT2D eigenvalue weighted by atomic mass is 9.97. The van der Waals surface area contributed by atoms with E-state index in [1.165, 1.54) is 0 Å². The molecule has 1 aromatic heterocycles. The smallest absolute Gasteiger partial charge is 0.123 e. The van der Waals surface area contributed by atoms with E-state index in [0.717, 1.165) is 16.7 Å². The Morgan fingerprint density at radius 3 is 1.83 bits per heavy atom. The average molecular weight is 299 g/mol. The zero-order valence-electron chi connectivity index (χ0n) is 12.6. The summed E-state index contributed by atoms with van der Waals surface area (Å²) in [5.41, 5.74) is 3.12. The summed E-state index contributed by atoms with van der Waals surface area (Å²) < 4.78 is 0. The van der Waals surface area contributed by atoms with Gasteiger partial charge in [0.05, 0.1) is 12.1 Å². The predicted molar refractivity (Wildman–Crippen MR) is 90.5 cm³/mol. The number of nitrogens with zero attached hydrogens (tertiary/aromatic N) is 2. The Bertz CT molecular complexity index is 725. The van der Waals surface area contributed by atoms with Crippen LogP contribution in [0.5, 0.6) is 0 Å². The lowest BCUT2D eigenvalue weighted by Gasteiger charge is -2.23. The summed E-state index contributed by atoms with van der Waals surface area (Å²) >= 11 is 0. The quantitative estimate of drug-likeness (QED) is 0.774. The molecule has 2 aromatic carbocycles. The Kier molecular flexibility index (Phi) is 4.78. The van der Waals surface area contributed by atoms with Gasteiger partial charge in [-0.1, -0.05) is 66.7 Å². The first-order valence-corrected chi connectivity index (χ1v) is 7.54. The highest BCUT2D eigenvalue weighted by Crippen LogP contribution is 2.25. The fourth-order valence-electron chi connectivity index (χ4n) is 2.60. The summed E-state index contributed by atoms with van der Waals surface area (Å²) in [4.78, 5) is 4.12. The molecule has 0 spiro atoms. The molecule has 0 aliphatic rings. The first kappa shape index (κ1) is 15.0. The molecule has 112 valence electrons. The molecule has 23 heavy (non-hydrogen) atoms. The maximum atomic E-state index is 9.58. The molecule has 0 saturated carbocycles. The zero-order valence-corrected chi connectivity index (χ0v) is 12.6. The van der Waals surface area contributed by atoms with Crippen LogP contribution in [0.15, 0.2) is 85.2 Å². The van der Waals surface area contributed by atoms with Gasteiger partial charge in [-0.05, 0) is 17.2 Å². The Balaban J connectivity index is 1.95. The molecule has 3 aromatic rings. The van der Waals surface area contributed by atoms with E-state index in [-0.39, 0.29) is 6.04 Å². The molecule has 0 radical (unpaired) electrons. The molecule has 3 rings (SSSR count). The maximum absolute atomic E-state index is 9.58. The summed E-state index contributed by atoms with van der Waals surface area (Å²) in [6, 6.07) is 26.0. The zero-order chi connectivity index (χ0) is 15.9. The van der Waals surface area contributed by atoms with Crippen molar-refractivity contribution in [1.29, 1.82) is 5.26 Å². The molecule has 0 bridgehead atoms. The van der Waals surface area contributed by atoms with Crippen molar-refractivity contribution in [3.63, 3.8) is 0 Å². The molecule has 1 heterocycles. The third-order valence-corrected chi connectivity index (χ3v) is 3.75. The molecule has 3 heteroatoms. The summed E-state index contributed by atoms with van der Waals surface area (Å²) in [7, 11) is 0. The number of aromatic nitrogens is 1. The molecule has 0 aliphatic carbocycles. The van der Waals surface area contributed by atoms with Gasteiger partial charge in [-0.15, -0.1) is 0 Å². The minimum atomic E-state index is -0.422. The fraction of sp³-hybridized carbons (Fsp3) is 0.100. The Labute approximate surface area is 136 Å². The van der Waals surface area contributed by atoms with Gasteiger partial charge in [0.2, 0.25) is 0 Å². The minimum absolute atomic E-state index is 0.0535. The van der Waals surface area contributed by atoms with E-state index in [1.54, 1.807) is 12.4 Å². The lowest BCUT2D eigenvalue weighted by molar-refractivity contribution is 0.558. The van der Waals surface area contributed by atoms with Gasteiger partial charge in [0.1, 0.15) is 6.04 Å². The summed E-state index contributed by atoms with van der Waals surface area (Å²) in [5, 5.41) is 13.0.